The zero-order valence-corrected chi connectivity index (χ0v) is 43.9. The summed E-state index contributed by atoms with van der Waals surface area (Å²) in [6.07, 6.45) is 0. The third-order valence-electron chi connectivity index (χ3n) is 16.1. The van der Waals surface area contributed by atoms with Crippen LogP contribution in [0.5, 0.6) is 0 Å². The number of para-hydroxylation sites is 5. The Hall–Kier alpha value is -11.0. The van der Waals surface area contributed by atoms with Crippen LogP contribution in [0, 0.1) is 0 Å². The first kappa shape index (κ1) is 46.2. The molecule has 12 aromatic carbocycles. The first-order chi connectivity index (χ1) is 40.2. The number of nitrogens with zero attached hydrogens (tertiary/aromatic N) is 6. The van der Waals surface area contributed by atoms with Gasteiger partial charge in [-0.05, 0) is 119 Å². The van der Waals surface area contributed by atoms with Gasteiger partial charge in [-0.25, -0.2) is 15.0 Å². The highest BCUT2D eigenvalue weighted by atomic mass is 15.0. The first-order valence-corrected chi connectivity index (χ1v) is 27.5. The monoisotopic (exact) mass is 1030 g/mol. The van der Waals surface area contributed by atoms with Crippen LogP contribution in [0.3, 0.4) is 0 Å². The number of benzene rings is 12. The molecule has 16 aromatic rings. The maximum Gasteiger partial charge on any atom is 0.164 e. The van der Waals surface area contributed by atoms with Gasteiger partial charge in [0.15, 0.2) is 17.5 Å². The van der Waals surface area contributed by atoms with Crippen molar-refractivity contribution in [1.29, 1.82) is 0 Å². The molecule has 81 heavy (non-hydrogen) atoms. The van der Waals surface area contributed by atoms with Crippen molar-refractivity contribution in [3.8, 4) is 84.6 Å². The molecular formula is C75H48N6. The summed E-state index contributed by atoms with van der Waals surface area (Å²) in [7, 11) is 0. The Morgan fingerprint density at radius 3 is 1.06 bits per heavy atom. The molecule has 0 saturated carbocycles. The van der Waals surface area contributed by atoms with Crippen molar-refractivity contribution >= 4 is 65.4 Å². The van der Waals surface area contributed by atoms with Crippen molar-refractivity contribution < 1.29 is 0 Å². The lowest BCUT2D eigenvalue weighted by Crippen LogP contribution is -2.00. The van der Waals surface area contributed by atoms with Crippen LogP contribution in [0.4, 0.5) is 0 Å². The molecule has 0 aliphatic carbocycles. The lowest BCUT2D eigenvalue weighted by atomic mass is 9.96. The minimum Gasteiger partial charge on any atom is -0.309 e. The van der Waals surface area contributed by atoms with E-state index in [1.807, 2.05) is 60.7 Å². The Morgan fingerprint density at radius 2 is 0.543 bits per heavy atom. The fraction of sp³-hybridized carbons (Fsp3) is 0. The summed E-state index contributed by atoms with van der Waals surface area (Å²) < 4.78 is 7.22. The van der Waals surface area contributed by atoms with Crippen LogP contribution in [-0.2, 0) is 0 Å². The lowest BCUT2D eigenvalue weighted by Gasteiger charge is -2.17. The molecule has 0 amide bonds. The molecule has 4 heterocycles. The summed E-state index contributed by atoms with van der Waals surface area (Å²) >= 11 is 0. The van der Waals surface area contributed by atoms with Gasteiger partial charge in [-0.15, -0.1) is 0 Å². The largest absolute Gasteiger partial charge is 0.309 e. The second-order valence-electron chi connectivity index (χ2n) is 20.8. The summed E-state index contributed by atoms with van der Waals surface area (Å²) in [5.74, 6) is 1.89. The molecule has 0 aliphatic heterocycles. The summed E-state index contributed by atoms with van der Waals surface area (Å²) in [5.41, 5.74) is 19.9. The summed E-state index contributed by atoms with van der Waals surface area (Å²) in [6.45, 7) is 0. The Kier molecular flexibility index (Phi) is 10.8. The van der Waals surface area contributed by atoms with E-state index in [0.717, 1.165) is 78.1 Å². The summed E-state index contributed by atoms with van der Waals surface area (Å²) in [6, 6.07) is 104. The van der Waals surface area contributed by atoms with Crippen molar-refractivity contribution in [1.82, 2.24) is 28.7 Å². The molecule has 0 bridgehead atoms. The first-order valence-electron chi connectivity index (χ1n) is 27.5. The van der Waals surface area contributed by atoms with Crippen LogP contribution in [0.25, 0.3) is 150 Å². The van der Waals surface area contributed by atoms with Crippen molar-refractivity contribution in [3.63, 3.8) is 0 Å². The highest BCUT2D eigenvalue weighted by molar-refractivity contribution is 6.13. The molecule has 0 aliphatic rings. The normalized spacial score (nSPS) is 11.7. The molecule has 0 unspecified atom stereocenters. The number of fused-ring (bicyclic) bond motifs is 9. The van der Waals surface area contributed by atoms with Crippen molar-refractivity contribution in [3.05, 3.63) is 291 Å². The third kappa shape index (κ3) is 7.76. The van der Waals surface area contributed by atoms with E-state index in [2.05, 4.69) is 244 Å². The number of hydrogen-bond acceptors (Lipinski definition) is 3. The van der Waals surface area contributed by atoms with Crippen molar-refractivity contribution in [2.75, 3.05) is 0 Å². The Bertz CT molecular complexity index is 4980. The van der Waals surface area contributed by atoms with Crippen LogP contribution in [0.1, 0.15) is 0 Å². The van der Waals surface area contributed by atoms with E-state index in [-0.39, 0.29) is 0 Å². The predicted molar refractivity (Wildman–Crippen MR) is 335 cm³/mol. The molecule has 6 nitrogen and oxygen atoms in total. The molecule has 0 N–H and O–H groups in total. The molecule has 0 radical (unpaired) electrons. The topological polar surface area (TPSA) is 53.5 Å². The third-order valence-corrected chi connectivity index (χ3v) is 16.1. The Morgan fingerprint density at radius 1 is 0.198 bits per heavy atom. The van der Waals surface area contributed by atoms with Gasteiger partial charge >= 0.3 is 0 Å². The van der Waals surface area contributed by atoms with E-state index in [0.29, 0.717) is 17.5 Å². The minimum atomic E-state index is 0.619. The van der Waals surface area contributed by atoms with Crippen molar-refractivity contribution in [2.24, 2.45) is 0 Å². The highest BCUT2D eigenvalue weighted by Crippen LogP contribution is 2.42. The zero-order valence-electron chi connectivity index (χ0n) is 43.9. The van der Waals surface area contributed by atoms with Gasteiger partial charge in [0, 0.05) is 65.9 Å². The maximum absolute atomic E-state index is 5.09. The quantitative estimate of drug-likeness (QED) is 0.145. The van der Waals surface area contributed by atoms with Crippen LogP contribution >= 0.6 is 0 Å². The standard InChI is InChI=1S/C75H48N6/c1-4-19-50(20-5-1)73-76-74(51-21-6-2-7-22-51)78-75(77-73)56-24-18-23-52(45-56)53-37-42-70(81-68-33-16-10-27-59(68)60-28-11-17-34-69(60)81)63(46-53)49-35-40-58(41-36-49)80-67-32-15-13-30-62(67)65-48-55(39-44-72(65)80)54-38-43-71-64(47-54)61-29-12-14-31-66(61)79(71)57-25-8-3-9-26-57/h1-48H. The van der Waals surface area contributed by atoms with E-state index in [1.165, 1.54) is 54.5 Å². The van der Waals surface area contributed by atoms with E-state index >= 15 is 0 Å². The average molecular weight is 1030 g/mol. The van der Waals surface area contributed by atoms with Crippen LogP contribution in [-0.4, -0.2) is 28.7 Å². The van der Waals surface area contributed by atoms with Gasteiger partial charge in [0.25, 0.3) is 0 Å². The second kappa shape index (κ2) is 18.9. The van der Waals surface area contributed by atoms with Crippen LogP contribution in [0.2, 0.25) is 0 Å². The number of hydrogen-bond donors (Lipinski definition) is 0. The minimum absolute atomic E-state index is 0.619. The summed E-state index contributed by atoms with van der Waals surface area (Å²) in [5, 5.41) is 7.36. The van der Waals surface area contributed by atoms with E-state index in [9.17, 15) is 0 Å². The average Bonchev–Trinajstić information content (AvgIpc) is 4.22. The zero-order chi connectivity index (χ0) is 53.4. The van der Waals surface area contributed by atoms with E-state index < -0.39 is 0 Å². The van der Waals surface area contributed by atoms with E-state index in [4.69, 9.17) is 15.0 Å². The molecule has 0 spiro atoms. The van der Waals surface area contributed by atoms with Crippen LogP contribution < -0.4 is 0 Å². The molecular weight excluding hydrogens is 985 g/mol. The predicted octanol–water partition coefficient (Wildman–Crippen LogP) is 19.2. The van der Waals surface area contributed by atoms with Gasteiger partial charge in [-0.3, -0.25) is 0 Å². The molecule has 6 heteroatoms. The van der Waals surface area contributed by atoms with Crippen molar-refractivity contribution in [2.45, 2.75) is 0 Å². The van der Waals surface area contributed by atoms with Crippen LogP contribution in [0.15, 0.2) is 291 Å². The van der Waals surface area contributed by atoms with Gasteiger partial charge in [0.1, 0.15) is 0 Å². The Labute approximate surface area is 467 Å². The summed E-state index contributed by atoms with van der Waals surface area (Å²) in [4.78, 5) is 15.1. The highest BCUT2D eigenvalue weighted by Gasteiger charge is 2.20. The molecule has 378 valence electrons. The number of aromatic nitrogens is 6. The van der Waals surface area contributed by atoms with E-state index in [1.54, 1.807) is 0 Å². The molecule has 4 aromatic heterocycles. The van der Waals surface area contributed by atoms with Gasteiger partial charge in [-0.1, -0.05) is 200 Å². The lowest BCUT2D eigenvalue weighted by molar-refractivity contribution is 1.07. The molecule has 0 atom stereocenters. The second-order valence-corrected chi connectivity index (χ2v) is 20.8. The molecule has 16 rings (SSSR count). The fourth-order valence-corrected chi connectivity index (χ4v) is 12.3. The smallest absolute Gasteiger partial charge is 0.164 e. The van der Waals surface area contributed by atoms with Gasteiger partial charge in [0.2, 0.25) is 0 Å². The maximum atomic E-state index is 5.09. The fourth-order valence-electron chi connectivity index (χ4n) is 12.3. The molecule has 0 fully saturated rings. The van der Waals surface area contributed by atoms with Gasteiger partial charge in [0.05, 0.1) is 38.8 Å². The molecule has 0 saturated heterocycles. The number of rotatable bonds is 9. The van der Waals surface area contributed by atoms with Gasteiger partial charge in [-0.2, -0.15) is 0 Å². The Balaban J connectivity index is 0.818. The van der Waals surface area contributed by atoms with Gasteiger partial charge < -0.3 is 13.7 Å². The SMILES string of the molecule is c1ccc(-c2nc(-c3ccccc3)nc(-c3cccc(-c4ccc(-n5c6ccccc6c6ccccc65)c(-c5ccc(-n6c7ccccc7c7cc(-c8ccc9c(c8)c8ccccc8n9-c8ccccc8)ccc76)cc5)c4)c3)n2)cc1.